The van der Waals surface area contributed by atoms with Gasteiger partial charge in [-0.05, 0) is 48.7 Å². The highest BCUT2D eigenvalue weighted by atomic mass is 16.8. The van der Waals surface area contributed by atoms with Gasteiger partial charge in [0, 0.05) is 12.6 Å². The standard InChI is InChI=1S/C23H27NO8/c1-14(24-13-18(25)16-6-8-17(28-2)9-7-16)11-15-5-10-19-20(12-15)32-23(31-19,21(26)29-3)22(27)30-4/h5-10,12,14,18,24-25H,11,13H2,1-4H3. The summed E-state index contributed by atoms with van der Waals surface area (Å²) < 4.78 is 25.5. The van der Waals surface area contributed by atoms with Gasteiger partial charge in [-0.25, -0.2) is 9.59 Å². The fraction of sp³-hybridized carbons (Fsp3) is 0.391. The number of hydrogen-bond donors (Lipinski definition) is 2. The summed E-state index contributed by atoms with van der Waals surface area (Å²) in [6, 6.07) is 12.4. The number of rotatable bonds is 9. The van der Waals surface area contributed by atoms with Gasteiger partial charge in [-0.15, -0.1) is 0 Å². The van der Waals surface area contributed by atoms with Crippen LogP contribution in [0.4, 0.5) is 0 Å². The minimum absolute atomic E-state index is 0.0224. The molecule has 0 aromatic heterocycles. The van der Waals surface area contributed by atoms with E-state index in [0.717, 1.165) is 31.1 Å². The lowest BCUT2D eigenvalue weighted by Crippen LogP contribution is -2.55. The van der Waals surface area contributed by atoms with Crippen LogP contribution in [0.25, 0.3) is 0 Å². The van der Waals surface area contributed by atoms with Crippen LogP contribution in [0.3, 0.4) is 0 Å². The summed E-state index contributed by atoms with van der Waals surface area (Å²) in [5.41, 5.74) is 1.67. The first-order valence-corrected chi connectivity index (χ1v) is 10.1. The molecule has 32 heavy (non-hydrogen) atoms. The van der Waals surface area contributed by atoms with E-state index in [-0.39, 0.29) is 17.5 Å². The Balaban J connectivity index is 1.61. The number of carbonyl (C=O) groups is 2. The number of fused-ring (bicyclic) bond motifs is 1. The van der Waals surface area contributed by atoms with Crippen molar-refractivity contribution in [2.24, 2.45) is 0 Å². The van der Waals surface area contributed by atoms with Gasteiger partial charge in [0.25, 0.3) is 0 Å². The third kappa shape index (κ3) is 4.79. The highest BCUT2D eigenvalue weighted by molar-refractivity contribution is 6.03. The lowest BCUT2D eigenvalue weighted by atomic mass is 10.1. The van der Waals surface area contributed by atoms with Crippen LogP contribution in [0.2, 0.25) is 0 Å². The molecule has 0 saturated carbocycles. The molecule has 1 aliphatic rings. The third-order valence-electron chi connectivity index (χ3n) is 5.13. The first-order chi connectivity index (χ1) is 15.3. The number of benzene rings is 2. The number of nitrogens with one attached hydrogen (secondary N) is 1. The molecule has 0 aliphatic carbocycles. The zero-order valence-corrected chi connectivity index (χ0v) is 18.4. The molecule has 2 unspecified atom stereocenters. The van der Waals surface area contributed by atoms with Gasteiger partial charge in [-0.1, -0.05) is 18.2 Å². The summed E-state index contributed by atoms with van der Waals surface area (Å²) in [7, 11) is 3.85. The van der Waals surface area contributed by atoms with Gasteiger partial charge in [-0.3, -0.25) is 0 Å². The molecule has 0 bridgehead atoms. The van der Waals surface area contributed by atoms with E-state index in [1.165, 1.54) is 0 Å². The Morgan fingerprint density at radius 3 is 2.22 bits per heavy atom. The molecule has 2 aromatic carbocycles. The lowest BCUT2D eigenvalue weighted by Gasteiger charge is -2.21. The van der Waals surface area contributed by atoms with Crippen molar-refractivity contribution in [3.63, 3.8) is 0 Å². The number of esters is 2. The SMILES string of the molecule is COC(=O)C1(C(=O)OC)Oc2ccc(CC(C)NCC(O)c3ccc(OC)cc3)cc2O1. The van der Waals surface area contributed by atoms with E-state index in [1.807, 2.05) is 25.1 Å². The van der Waals surface area contributed by atoms with Gasteiger partial charge in [0.15, 0.2) is 11.5 Å². The largest absolute Gasteiger partial charge is 0.497 e. The summed E-state index contributed by atoms with van der Waals surface area (Å²) >= 11 is 0. The molecule has 1 aliphatic heterocycles. The molecule has 2 N–H and O–H groups in total. The Labute approximate surface area is 186 Å². The predicted molar refractivity (Wildman–Crippen MR) is 114 cm³/mol. The van der Waals surface area contributed by atoms with E-state index in [9.17, 15) is 14.7 Å². The lowest BCUT2D eigenvalue weighted by molar-refractivity contribution is -0.199. The molecule has 0 amide bonds. The molecule has 172 valence electrons. The fourth-order valence-electron chi connectivity index (χ4n) is 3.38. The Morgan fingerprint density at radius 1 is 1.00 bits per heavy atom. The minimum atomic E-state index is -2.31. The molecule has 0 radical (unpaired) electrons. The summed E-state index contributed by atoms with van der Waals surface area (Å²) in [5, 5.41) is 13.7. The fourth-order valence-corrected chi connectivity index (χ4v) is 3.38. The first kappa shape index (κ1) is 23.4. The van der Waals surface area contributed by atoms with Gasteiger partial charge in [-0.2, -0.15) is 0 Å². The van der Waals surface area contributed by atoms with E-state index >= 15 is 0 Å². The van der Waals surface area contributed by atoms with Crippen LogP contribution in [0.5, 0.6) is 17.2 Å². The molecular weight excluding hydrogens is 418 g/mol. The average molecular weight is 445 g/mol. The zero-order chi connectivity index (χ0) is 23.3. The maximum atomic E-state index is 12.2. The molecule has 0 saturated heterocycles. The van der Waals surface area contributed by atoms with Crippen LogP contribution >= 0.6 is 0 Å². The molecule has 3 rings (SSSR count). The topological polar surface area (TPSA) is 113 Å². The van der Waals surface area contributed by atoms with Crippen LogP contribution in [-0.2, 0) is 25.5 Å². The van der Waals surface area contributed by atoms with Gasteiger partial charge in [0.05, 0.1) is 27.4 Å². The van der Waals surface area contributed by atoms with Crippen molar-refractivity contribution in [2.45, 2.75) is 31.3 Å². The van der Waals surface area contributed by atoms with Crippen LogP contribution in [-0.4, -0.2) is 56.7 Å². The molecule has 2 atom stereocenters. The Kier molecular flexibility index (Phi) is 7.22. The van der Waals surface area contributed by atoms with Gasteiger partial charge < -0.3 is 34.1 Å². The minimum Gasteiger partial charge on any atom is -0.497 e. The third-order valence-corrected chi connectivity index (χ3v) is 5.13. The molecule has 1 heterocycles. The molecule has 0 spiro atoms. The van der Waals surface area contributed by atoms with Gasteiger partial charge >= 0.3 is 17.7 Å². The maximum Gasteiger partial charge on any atom is 0.453 e. The van der Waals surface area contributed by atoms with Crippen molar-refractivity contribution in [3.8, 4) is 17.2 Å². The maximum absolute atomic E-state index is 12.2. The van der Waals surface area contributed by atoms with E-state index in [0.29, 0.717) is 13.0 Å². The zero-order valence-electron chi connectivity index (χ0n) is 18.4. The van der Waals surface area contributed by atoms with Crippen molar-refractivity contribution in [1.29, 1.82) is 0 Å². The quantitative estimate of drug-likeness (QED) is 0.440. The average Bonchev–Trinajstić information content (AvgIpc) is 3.21. The number of carbonyl (C=O) groups excluding carboxylic acids is 2. The molecule has 2 aromatic rings. The van der Waals surface area contributed by atoms with Crippen molar-refractivity contribution in [2.75, 3.05) is 27.9 Å². The number of ether oxygens (including phenoxy) is 5. The van der Waals surface area contributed by atoms with E-state index in [1.54, 1.807) is 31.4 Å². The number of methoxy groups -OCH3 is 3. The van der Waals surface area contributed by atoms with Crippen LogP contribution in [0.15, 0.2) is 42.5 Å². The molecule has 9 nitrogen and oxygen atoms in total. The summed E-state index contributed by atoms with van der Waals surface area (Å²) in [6.07, 6.45) is -0.0593. The Bertz CT molecular complexity index is 943. The van der Waals surface area contributed by atoms with E-state index in [4.69, 9.17) is 14.2 Å². The Morgan fingerprint density at radius 2 is 1.62 bits per heavy atom. The van der Waals surface area contributed by atoms with Crippen molar-refractivity contribution in [1.82, 2.24) is 5.32 Å². The van der Waals surface area contributed by atoms with E-state index in [2.05, 4.69) is 14.8 Å². The smallest absolute Gasteiger partial charge is 0.453 e. The first-order valence-electron chi connectivity index (χ1n) is 10.1. The number of hydrogen-bond acceptors (Lipinski definition) is 9. The van der Waals surface area contributed by atoms with Crippen LogP contribution in [0, 0.1) is 0 Å². The number of aliphatic hydroxyl groups excluding tert-OH is 1. The highest BCUT2D eigenvalue weighted by Gasteiger charge is 2.59. The van der Waals surface area contributed by atoms with Gasteiger partial charge in [0.2, 0.25) is 0 Å². The monoisotopic (exact) mass is 445 g/mol. The van der Waals surface area contributed by atoms with E-state index < -0.39 is 23.8 Å². The van der Waals surface area contributed by atoms with Crippen molar-refractivity contribution < 1.29 is 38.4 Å². The Hall–Kier alpha value is -3.30. The van der Waals surface area contributed by atoms with Gasteiger partial charge in [0.1, 0.15) is 5.75 Å². The molecule has 9 heteroatoms. The van der Waals surface area contributed by atoms with Crippen LogP contribution in [0.1, 0.15) is 24.2 Å². The normalized spacial score (nSPS) is 15.5. The molecule has 0 fully saturated rings. The van der Waals surface area contributed by atoms with Crippen molar-refractivity contribution >= 4 is 11.9 Å². The number of aliphatic hydroxyl groups is 1. The summed E-state index contributed by atoms with van der Waals surface area (Å²) in [4.78, 5) is 24.3. The second kappa shape index (κ2) is 9.88. The van der Waals surface area contributed by atoms with Crippen LogP contribution < -0.4 is 19.5 Å². The van der Waals surface area contributed by atoms with Crippen molar-refractivity contribution in [3.05, 3.63) is 53.6 Å². The second-order valence-electron chi connectivity index (χ2n) is 7.39. The highest BCUT2D eigenvalue weighted by Crippen LogP contribution is 2.41. The summed E-state index contributed by atoms with van der Waals surface area (Å²) in [6.45, 7) is 2.35. The summed E-state index contributed by atoms with van der Waals surface area (Å²) in [5.74, 6) is -3.12. The predicted octanol–water partition coefficient (Wildman–Crippen LogP) is 1.76. The second-order valence-corrected chi connectivity index (χ2v) is 7.39. The molecular formula is C23H27NO8.